The Morgan fingerprint density at radius 2 is 1.57 bits per heavy atom. The highest BCUT2D eigenvalue weighted by Gasteiger charge is 2.42. The van der Waals surface area contributed by atoms with E-state index in [1.54, 1.807) is 51.6 Å². The van der Waals surface area contributed by atoms with Crippen LogP contribution in [0.25, 0.3) is 0 Å². The number of para-hydroxylation sites is 1. The first-order valence-corrected chi connectivity index (χ1v) is 14.8. The molecule has 2 unspecified atom stereocenters. The van der Waals surface area contributed by atoms with E-state index >= 15 is 0 Å². The largest absolute Gasteiger partial charge is 0.508 e. The second kappa shape index (κ2) is 13.4. The van der Waals surface area contributed by atoms with Crippen molar-refractivity contribution in [2.45, 2.75) is 92.0 Å². The van der Waals surface area contributed by atoms with Crippen LogP contribution in [0.2, 0.25) is 0 Å². The van der Waals surface area contributed by atoms with E-state index < -0.39 is 41.1 Å². The van der Waals surface area contributed by atoms with Gasteiger partial charge >= 0.3 is 6.09 Å². The lowest BCUT2D eigenvalue weighted by Gasteiger charge is -2.43. The van der Waals surface area contributed by atoms with Crippen LogP contribution in [0.5, 0.6) is 5.75 Å². The third-order valence-electron chi connectivity index (χ3n) is 6.33. The zero-order valence-corrected chi connectivity index (χ0v) is 26.3. The summed E-state index contributed by atoms with van der Waals surface area (Å²) in [6, 6.07) is 8.68. The Labute approximate surface area is 243 Å². The maximum absolute atomic E-state index is 14.4. The quantitative estimate of drug-likeness (QED) is 0.327. The van der Waals surface area contributed by atoms with E-state index in [4.69, 9.17) is 4.74 Å². The van der Waals surface area contributed by atoms with Gasteiger partial charge in [-0.1, -0.05) is 24.3 Å². The Morgan fingerprint density at radius 1 is 0.975 bits per heavy atom. The molecule has 2 atom stereocenters. The highest BCUT2D eigenvalue weighted by atomic mass is 32.2. The Hall–Kier alpha value is -3.20. The van der Waals surface area contributed by atoms with Crippen molar-refractivity contribution in [2.24, 2.45) is 0 Å². The summed E-state index contributed by atoms with van der Waals surface area (Å²) in [5.74, 6) is -0.0935. The molecule has 9 heteroatoms. The van der Waals surface area contributed by atoms with Gasteiger partial charge in [-0.3, -0.25) is 9.59 Å². The summed E-state index contributed by atoms with van der Waals surface area (Å²) in [7, 11) is 0. The normalized spacial score (nSPS) is 13.2. The molecular formula is C31H45N3O5S. The summed E-state index contributed by atoms with van der Waals surface area (Å²) in [6.45, 7) is 16.4. The summed E-state index contributed by atoms with van der Waals surface area (Å²) in [6.07, 6.45) is 1.58. The fraction of sp³-hybridized carbons (Fsp3) is 0.516. The topological polar surface area (TPSA) is 108 Å². The molecule has 2 aromatic carbocycles. The number of carbonyl (C=O) groups excluding carboxylic acids is 3. The molecule has 0 aromatic heterocycles. The van der Waals surface area contributed by atoms with Gasteiger partial charge in [-0.25, -0.2) is 4.79 Å². The lowest BCUT2D eigenvalue weighted by Crippen LogP contribution is -2.58. The second-order valence-electron chi connectivity index (χ2n) is 12.1. The number of ether oxygens (including phenoxy) is 1. The minimum absolute atomic E-state index is 0.0933. The summed E-state index contributed by atoms with van der Waals surface area (Å²) in [5, 5.41) is 16.0. The molecule has 0 spiro atoms. The summed E-state index contributed by atoms with van der Waals surface area (Å²) >= 11 is 1.56. The zero-order chi connectivity index (χ0) is 30.4. The molecule has 2 rings (SSSR count). The molecule has 0 fully saturated rings. The van der Waals surface area contributed by atoms with Gasteiger partial charge in [0.15, 0.2) is 0 Å². The van der Waals surface area contributed by atoms with Crippen molar-refractivity contribution in [3.8, 4) is 5.75 Å². The number of aromatic hydroxyl groups is 1. The van der Waals surface area contributed by atoms with Crippen LogP contribution in [0.3, 0.4) is 0 Å². The zero-order valence-electron chi connectivity index (χ0n) is 25.5. The molecule has 0 saturated heterocycles. The average molecular weight is 572 g/mol. The number of hydrogen-bond donors (Lipinski definition) is 3. The third kappa shape index (κ3) is 8.91. The van der Waals surface area contributed by atoms with Gasteiger partial charge in [-0.15, -0.1) is 0 Å². The summed E-state index contributed by atoms with van der Waals surface area (Å²) < 4.78 is 5.46. The first-order valence-electron chi connectivity index (χ1n) is 13.4. The number of carbonyl (C=O) groups is 3. The van der Waals surface area contributed by atoms with Gasteiger partial charge in [0, 0.05) is 11.2 Å². The average Bonchev–Trinajstić information content (AvgIpc) is 2.82. The molecule has 220 valence electrons. The van der Waals surface area contributed by atoms with E-state index in [2.05, 4.69) is 10.6 Å². The molecule has 3 N–H and O–H groups in total. The van der Waals surface area contributed by atoms with Crippen LogP contribution in [0, 0.1) is 20.8 Å². The smallest absolute Gasteiger partial charge is 0.408 e. The number of phenols is 1. The van der Waals surface area contributed by atoms with Gasteiger partial charge < -0.3 is 25.4 Å². The lowest BCUT2D eigenvalue weighted by atomic mass is 9.94. The van der Waals surface area contributed by atoms with Crippen LogP contribution >= 0.6 is 11.8 Å². The van der Waals surface area contributed by atoms with Crippen molar-refractivity contribution in [1.29, 1.82) is 0 Å². The number of anilines is 1. The van der Waals surface area contributed by atoms with E-state index in [9.17, 15) is 19.5 Å². The molecule has 0 bridgehead atoms. The number of phenolic OH excluding ortho intramolecular Hbond substituents is 1. The molecule has 0 aliphatic heterocycles. The molecule has 0 saturated carbocycles. The molecule has 0 aliphatic rings. The number of nitrogens with one attached hydrogen (secondary N) is 2. The summed E-state index contributed by atoms with van der Waals surface area (Å²) in [5.41, 5.74) is 2.04. The number of nitrogens with zero attached hydrogens (tertiary/aromatic N) is 1. The van der Waals surface area contributed by atoms with Crippen molar-refractivity contribution >= 4 is 35.4 Å². The maximum Gasteiger partial charge on any atom is 0.408 e. The van der Waals surface area contributed by atoms with E-state index in [-0.39, 0.29) is 5.75 Å². The minimum atomic E-state index is -1.05. The van der Waals surface area contributed by atoms with Crippen LogP contribution in [0.4, 0.5) is 10.5 Å². The molecule has 0 aliphatic carbocycles. The predicted molar refractivity (Wildman–Crippen MR) is 163 cm³/mol. The van der Waals surface area contributed by atoms with Crippen molar-refractivity contribution in [1.82, 2.24) is 10.2 Å². The number of rotatable bonds is 9. The van der Waals surface area contributed by atoms with E-state index in [1.165, 1.54) is 11.0 Å². The fourth-order valence-corrected chi connectivity index (χ4v) is 4.90. The number of benzene rings is 2. The van der Waals surface area contributed by atoms with Gasteiger partial charge in [0.1, 0.15) is 23.4 Å². The van der Waals surface area contributed by atoms with E-state index in [0.717, 1.165) is 11.1 Å². The first-order chi connectivity index (χ1) is 18.5. The SMILES string of the molecule is CSCCC(NC(=O)OC(C)(C)C)C(=O)N(C(C(=O)Nc1c(C)cccc1C)c1ccc(O)c(C)c1)C(C)(C)C. The highest BCUT2D eigenvalue weighted by Crippen LogP contribution is 2.34. The molecule has 2 aromatic rings. The van der Waals surface area contributed by atoms with Crippen LogP contribution in [0.1, 0.15) is 76.3 Å². The molecule has 40 heavy (non-hydrogen) atoms. The number of hydrogen-bond acceptors (Lipinski definition) is 6. The van der Waals surface area contributed by atoms with Crippen LogP contribution in [0.15, 0.2) is 36.4 Å². The third-order valence-corrected chi connectivity index (χ3v) is 6.98. The predicted octanol–water partition coefficient (Wildman–Crippen LogP) is 6.27. The Morgan fingerprint density at radius 3 is 2.08 bits per heavy atom. The standard InChI is InChI=1S/C31H45N3O5S/c1-19-12-11-13-20(2)25(19)33-27(36)26(22-14-15-24(35)21(3)18-22)34(30(4,5)6)28(37)23(16-17-40-10)32-29(38)39-31(7,8)9/h11-15,18,23,26,35H,16-17H2,1-10H3,(H,32,38)(H,33,36). The van der Waals surface area contributed by atoms with Gasteiger partial charge in [0.05, 0.1) is 0 Å². The van der Waals surface area contributed by atoms with Crippen molar-refractivity contribution in [2.75, 3.05) is 17.3 Å². The maximum atomic E-state index is 14.4. The molecule has 3 amide bonds. The highest BCUT2D eigenvalue weighted by molar-refractivity contribution is 7.98. The van der Waals surface area contributed by atoms with Gasteiger partial charge in [-0.05, 0) is 115 Å². The second-order valence-corrected chi connectivity index (χ2v) is 13.0. The lowest BCUT2D eigenvalue weighted by molar-refractivity contribution is -0.146. The van der Waals surface area contributed by atoms with Crippen LogP contribution in [-0.4, -0.2) is 57.1 Å². The fourth-order valence-electron chi connectivity index (χ4n) is 4.43. The number of amides is 3. The Bertz CT molecular complexity index is 1200. The van der Waals surface area contributed by atoms with Crippen molar-refractivity contribution < 1.29 is 24.2 Å². The van der Waals surface area contributed by atoms with Gasteiger partial charge in [0.25, 0.3) is 5.91 Å². The number of thioether (sulfide) groups is 1. The first kappa shape index (κ1) is 33.0. The molecule has 0 heterocycles. The van der Waals surface area contributed by atoms with Crippen molar-refractivity contribution in [3.63, 3.8) is 0 Å². The monoisotopic (exact) mass is 571 g/mol. The minimum Gasteiger partial charge on any atom is -0.508 e. The van der Waals surface area contributed by atoms with Gasteiger partial charge in [-0.2, -0.15) is 11.8 Å². The van der Waals surface area contributed by atoms with Crippen LogP contribution < -0.4 is 10.6 Å². The molecule has 8 nitrogen and oxygen atoms in total. The Balaban J connectivity index is 2.65. The van der Waals surface area contributed by atoms with Crippen molar-refractivity contribution in [3.05, 3.63) is 58.7 Å². The van der Waals surface area contributed by atoms with E-state index in [1.807, 2.05) is 59.1 Å². The molecular weight excluding hydrogens is 526 g/mol. The molecule has 0 radical (unpaired) electrons. The van der Waals surface area contributed by atoms with Gasteiger partial charge in [0.2, 0.25) is 5.91 Å². The Kier molecular flexibility index (Phi) is 11.1. The number of aryl methyl sites for hydroxylation is 3. The number of alkyl carbamates (subject to hydrolysis) is 1. The summed E-state index contributed by atoms with van der Waals surface area (Å²) in [4.78, 5) is 42.8. The van der Waals surface area contributed by atoms with E-state index in [0.29, 0.717) is 29.0 Å². The van der Waals surface area contributed by atoms with Crippen LogP contribution in [-0.2, 0) is 14.3 Å².